The summed E-state index contributed by atoms with van der Waals surface area (Å²) in [5.41, 5.74) is 1.19. The number of ether oxygens (including phenoxy) is 1. The molecule has 1 fully saturated rings. The maximum atomic E-state index is 12.7. The lowest BCUT2D eigenvalue weighted by Gasteiger charge is -2.17. The van der Waals surface area contributed by atoms with Gasteiger partial charge in [0.2, 0.25) is 0 Å². The van der Waals surface area contributed by atoms with Crippen LogP contribution in [0.4, 0.5) is 5.69 Å². The van der Waals surface area contributed by atoms with Crippen molar-refractivity contribution in [3.63, 3.8) is 0 Å². The van der Waals surface area contributed by atoms with E-state index in [1.54, 1.807) is 36.4 Å². The van der Waals surface area contributed by atoms with Crippen molar-refractivity contribution in [2.45, 2.75) is 0 Å². The molecule has 9 heteroatoms. The highest BCUT2D eigenvalue weighted by Crippen LogP contribution is 2.34. The summed E-state index contributed by atoms with van der Waals surface area (Å²) in [6.07, 6.45) is 1.66. The second-order valence-corrected chi connectivity index (χ2v) is 7.40. The summed E-state index contributed by atoms with van der Waals surface area (Å²) in [5, 5.41) is 21.9. The quantitative estimate of drug-likeness (QED) is 0.487. The number of hydrogen-bond donors (Lipinski definition) is 3. The second kappa shape index (κ2) is 8.32. The first kappa shape index (κ1) is 19.7. The first-order chi connectivity index (χ1) is 13.4. The smallest absolute Gasteiger partial charge is 0.337 e. The monoisotopic (exact) mass is 416 g/mol. The van der Waals surface area contributed by atoms with E-state index < -0.39 is 5.97 Å². The molecule has 28 heavy (non-hydrogen) atoms. The number of carbonyl (C=O) groups is 2. The minimum Gasteiger partial charge on any atom is -0.504 e. The maximum absolute atomic E-state index is 12.7. The van der Waals surface area contributed by atoms with Crippen molar-refractivity contribution in [2.75, 3.05) is 19.1 Å². The number of amides is 1. The summed E-state index contributed by atoms with van der Waals surface area (Å²) in [7, 11) is 1.44. The highest BCUT2D eigenvalue weighted by Gasteiger charge is 2.32. The third-order valence-electron chi connectivity index (χ3n) is 3.96. The van der Waals surface area contributed by atoms with Crippen molar-refractivity contribution in [2.24, 2.45) is 0 Å². The first-order valence-electron chi connectivity index (χ1n) is 8.09. The lowest BCUT2D eigenvalue weighted by molar-refractivity contribution is -0.121. The van der Waals surface area contributed by atoms with E-state index in [9.17, 15) is 19.8 Å². The number of thiocarbonyl (C=S) groups is 1. The summed E-state index contributed by atoms with van der Waals surface area (Å²) in [6, 6.07) is 11.2. The van der Waals surface area contributed by atoms with E-state index in [1.807, 2.05) is 0 Å². The number of nitrogens with zero attached hydrogens (tertiary/aromatic N) is 1. The van der Waals surface area contributed by atoms with Crippen LogP contribution in [0, 0.1) is 0 Å². The molecule has 1 aliphatic rings. The van der Waals surface area contributed by atoms with Crippen LogP contribution >= 0.6 is 24.0 Å². The molecule has 1 amide bonds. The zero-order chi connectivity index (χ0) is 20.3. The van der Waals surface area contributed by atoms with Crippen LogP contribution in [0.5, 0.6) is 11.5 Å². The Morgan fingerprint density at radius 3 is 2.79 bits per heavy atom. The Bertz CT molecular complexity index is 990. The van der Waals surface area contributed by atoms with Crippen molar-refractivity contribution in [3.05, 3.63) is 58.5 Å². The molecule has 0 unspecified atom stereocenters. The Hall–Kier alpha value is -3.04. The van der Waals surface area contributed by atoms with Gasteiger partial charge in [-0.2, -0.15) is 0 Å². The third-order valence-corrected chi connectivity index (χ3v) is 5.34. The van der Waals surface area contributed by atoms with Crippen molar-refractivity contribution in [1.29, 1.82) is 0 Å². The molecular formula is C19H16N2O5S2. The largest absolute Gasteiger partial charge is 0.504 e. The fourth-order valence-corrected chi connectivity index (χ4v) is 3.81. The van der Waals surface area contributed by atoms with E-state index in [0.717, 1.165) is 11.8 Å². The number of rotatable bonds is 6. The Morgan fingerprint density at radius 2 is 2.07 bits per heavy atom. The average Bonchev–Trinajstić information content (AvgIpc) is 2.94. The van der Waals surface area contributed by atoms with Crippen molar-refractivity contribution < 1.29 is 24.5 Å². The molecule has 0 aromatic heterocycles. The van der Waals surface area contributed by atoms with Gasteiger partial charge in [-0.25, -0.2) is 4.79 Å². The number of aromatic hydroxyl groups is 1. The van der Waals surface area contributed by atoms with Crippen LogP contribution in [0.25, 0.3) is 6.08 Å². The number of thioether (sulfide) groups is 1. The van der Waals surface area contributed by atoms with Gasteiger partial charge in [0.05, 0.1) is 29.9 Å². The Labute approximate surface area is 170 Å². The lowest BCUT2D eigenvalue weighted by atomic mass is 10.2. The van der Waals surface area contributed by atoms with Crippen molar-refractivity contribution in [3.8, 4) is 11.5 Å². The molecule has 2 aromatic rings. The molecule has 0 atom stereocenters. The molecule has 2 aromatic carbocycles. The second-order valence-electron chi connectivity index (χ2n) is 5.73. The van der Waals surface area contributed by atoms with E-state index in [1.165, 1.54) is 24.1 Å². The number of methoxy groups -OCH3 is 1. The molecular weight excluding hydrogens is 400 g/mol. The molecule has 1 aliphatic heterocycles. The van der Waals surface area contributed by atoms with Gasteiger partial charge in [0.1, 0.15) is 4.32 Å². The highest BCUT2D eigenvalue weighted by atomic mass is 32.2. The topological polar surface area (TPSA) is 99.1 Å². The van der Waals surface area contributed by atoms with Gasteiger partial charge < -0.3 is 20.3 Å². The van der Waals surface area contributed by atoms with Crippen LogP contribution in [-0.4, -0.2) is 45.1 Å². The summed E-state index contributed by atoms with van der Waals surface area (Å²) in [5.74, 6) is -1.04. The van der Waals surface area contributed by atoms with Crippen molar-refractivity contribution in [1.82, 2.24) is 4.90 Å². The van der Waals surface area contributed by atoms with Gasteiger partial charge in [0, 0.05) is 0 Å². The normalized spacial score (nSPS) is 15.2. The fraction of sp³-hybridized carbons (Fsp3) is 0.105. The van der Waals surface area contributed by atoms with Crippen LogP contribution in [0.1, 0.15) is 15.9 Å². The third kappa shape index (κ3) is 4.10. The van der Waals surface area contributed by atoms with Crippen molar-refractivity contribution >= 4 is 51.9 Å². The van der Waals surface area contributed by atoms with E-state index in [4.69, 9.17) is 17.0 Å². The number of carboxylic acid groups (broad SMARTS) is 1. The molecule has 0 aliphatic carbocycles. The number of phenolic OH excluding ortho intramolecular Hbond substituents is 1. The van der Waals surface area contributed by atoms with Gasteiger partial charge in [-0.3, -0.25) is 9.69 Å². The van der Waals surface area contributed by atoms with Gasteiger partial charge in [0.25, 0.3) is 5.91 Å². The molecule has 3 rings (SSSR count). The maximum Gasteiger partial charge on any atom is 0.337 e. The number of carboxylic acids is 1. The first-order valence-corrected chi connectivity index (χ1v) is 9.31. The fourth-order valence-electron chi connectivity index (χ4n) is 2.56. The van der Waals surface area contributed by atoms with Gasteiger partial charge in [-0.05, 0) is 35.9 Å². The van der Waals surface area contributed by atoms with Crippen LogP contribution in [0.3, 0.4) is 0 Å². The van der Waals surface area contributed by atoms with Crippen LogP contribution in [0.2, 0.25) is 0 Å². The molecule has 1 heterocycles. The van der Waals surface area contributed by atoms with Gasteiger partial charge in [-0.15, -0.1) is 0 Å². The molecule has 0 bridgehead atoms. The predicted octanol–water partition coefficient (Wildman–Crippen LogP) is 3.37. The predicted molar refractivity (Wildman–Crippen MR) is 112 cm³/mol. The number of aromatic carboxylic acids is 1. The summed E-state index contributed by atoms with van der Waals surface area (Å²) >= 11 is 6.44. The molecule has 0 spiro atoms. The molecule has 1 saturated heterocycles. The number of phenols is 1. The van der Waals surface area contributed by atoms with Gasteiger partial charge in [0.15, 0.2) is 11.5 Å². The zero-order valence-electron chi connectivity index (χ0n) is 14.7. The Kier molecular flexibility index (Phi) is 5.86. The number of benzene rings is 2. The summed E-state index contributed by atoms with van der Waals surface area (Å²) in [4.78, 5) is 25.8. The minimum atomic E-state index is -1.06. The van der Waals surface area contributed by atoms with Crippen LogP contribution < -0.4 is 10.1 Å². The highest BCUT2D eigenvalue weighted by molar-refractivity contribution is 8.26. The molecule has 0 saturated carbocycles. The zero-order valence-corrected chi connectivity index (χ0v) is 16.3. The van der Waals surface area contributed by atoms with E-state index >= 15 is 0 Å². The number of nitrogens with one attached hydrogen (secondary N) is 1. The van der Waals surface area contributed by atoms with Crippen LogP contribution in [0.15, 0.2) is 47.4 Å². The summed E-state index contributed by atoms with van der Waals surface area (Å²) in [6.45, 7) is 0.0468. The lowest BCUT2D eigenvalue weighted by Crippen LogP contribution is -2.33. The van der Waals surface area contributed by atoms with E-state index in [-0.39, 0.29) is 23.9 Å². The van der Waals surface area contributed by atoms with Gasteiger partial charge in [-0.1, -0.05) is 42.2 Å². The molecule has 3 N–H and O–H groups in total. The Morgan fingerprint density at radius 1 is 1.32 bits per heavy atom. The SMILES string of the molecule is COc1cc(/C=C2/SC(=S)N(CNc3ccccc3C(=O)O)C2=O)ccc1O. The number of carbonyl (C=O) groups excluding carboxylic acids is 1. The summed E-state index contributed by atoms with van der Waals surface area (Å²) < 4.78 is 5.44. The number of anilines is 1. The average molecular weight is 416 g/mol. The van der Waals surface area contributed by atoms with Crippen LogP contribution in [-0.2, 0) is 4.79 Å². The van der Waals surface area contributed by atoms with E-state index in [0.29, 0.717) is 26.2 Å². The Balaban J connectivity index is 1.76. The number of para-hydroxylation sites is 1. The molecule has 7 nitrogen and oxygen atoms in total. The number of hydrogen-bond acceptors (Lipinski definition) is 7. The van der Waals surface area contributed by atoms with Gasteiger partial charge >= 0.3 is 5.97 Å². The standard InChI is InChI=1S/C19H16N2O5S2/c1-26-15-8-11(6-7-14(15)22)9-16-17(23)21(19(27)28-16)10-20-13-5-3-2-4-12(13)18(24)25/h2-9,20,22H,10H2,1H3,(H,24,25)/b16-9+. The molecule has 0 radical (unpaired) electrons. The molecule has 144 valence electrons. The minimum absolute atomic E-state index is 0.00787. The van der Waals surface area contributed by atoms with E-state index in [2.05, 4.69) is 5.32 Å².